The first-order valence-corrected chi connectivity index (χ1v) is 5.87. The van der Waals surface area contributed by atoms with Crippen LogP contribution in [0.3, 0.4) is 0 Å². The van der Waals surface area contributed by atoms with E-state index < -0.39 is 12.0 Å². The summed E-state index contributed by atoms with van der Waals surface area (Å²) in [6.45, 7) is 2.53. The number of carbonyl (C=O) groups is 1. The number of hydrogen-bond acceptors (Lipinski definition) is 4. The number of carboxylic acid groups (broad SMARTS) is 1. The van der Waals surface area contributed by atoms with E-state index in [1.54, 1.807) is 25.3 Å². The van der Waals surface area contributed by atoms with Gasteiger partial charge in [-0.1, -0.05) is 19.1 Å². The van der Waals surface area contributed by atoms with Gasteiger partial charge >= 0.3 is 5.97 Å². The van der Waals surface area contributed by atoms with Crippen LogP contribution in [0.1, 0.15) is 31.4 Å². The summed E-state index contributed by atoms with van der Waals surface area (Å²) in [5, 5.41) is 8.79. The fourth-order valence-corrected chi connectivity index (χ4v) is 1.64. The zero-order valence-electron chi connectivity index (χ0n) is 10.7. The van der Waals surface area contributed by atoms with Crippen LogP contribution in [0, 0.1) is 0 Å². The number of para-hydroxylation sites is 1. The smallest absolute Gasteiger partial charge is 0.305 e. The van der Waals surface area contributed by atoms with Crippen molar-refractivity contribution in [2.75, 3.05) is 13.7 Å². The maximum absolute atomic E-state index is 10.7. The van der Waals surface area contributed by atoms with Gasteiger partial charge in [0, 0.05) is 11.6 Å². The molecule has 0 amide bonds. The Balaban J connectivity index is 3.04. The molecular formula is C13H19NO4. The summed E-state index contributed by atoms with van der Waals surface area (Å²) in [6.07, 6.45) is 0.710. The van der Waals surface area contributed by atoms with E-state index in [0.717, 1.165) is 6.42 Å². The maximum atomic E-state index is 10.7. The summed E-state index contributed by atoms with van der Waals surface area (Å²) in [5.41, 5.74) is 6.53. The lowest BCUT2D eigenvalue weighted by Crippen LogP contribution is -2.16. The largest absolute Gasteiger partial charge is 0.493 e. The number of rotatable bonds is 7. The minimum absolute atomic E-state index is 0.143. The first-order valence-electron chi connectivity index (χ1n) is 5.87. The van der Waals surface area contributed by atoms with Crippen LogP contribution in [0.15, 0.2) is 18.2 Å². The van der Waals surface area contributed by atoms with Crippen LogP contribution in [0.2, 0.25) is 0 Å². The molecule has 0 bridgehead atoms. The normalized spacial score (nSPS) is 11.9. The van der Waals surface area contributed by atoms with E-state index in [1.165, 1.54) is 0 Å². The quantitative estimate of drug-likeness (QED) is 0.776. The number of nitrogens with two attached hydrogens (primary N) is 1. The van der Waals surface area contributed by atoms with Crippen molar-refractivity contribution in [3.63, 3.8) is 0 Å². The summed E-state index contributed by atoms with van der Waals surface area (Å²) in [7, 11) is 1.54. The Bertz CT molecular complexity index is 406. The lowest BCUT2D eigenvalue weighted by atomic mass is 10.0. The SMILES string of the molecule is CCCOc1c(OC)cccc1C(N)CC(=O)O. The van der Waals surface area contributed by atoms with Crippen molar-refractivity contribution < 1.29 is 19.4 Å². The van der Waals surface area contributed by atoms with E-state index >= 15 is 0 Å². The van der Waals surface area contributed by atoms with Crippen LogP contribution in [0.4, 0.5) is 0 Å². The predicted molar refractivity (Wildman–Crippen MR) is 68.0 cm³/mol. The van der Waals surface area contributed by atoms with Gasteiger partial charge in [-0.2, -0.15) is 0 Å². The molecule has 1 rings (SSSR count). The minimum Gasteiger partial charge on any atom is -0.493 e. The molecule has 100 valence electrons. The monoisotopic (exact) mass is 253 g/mol. The van der Waals surface area contributed by atoms with Crippen molar-refractivity contribution in [3.05, 3.63) is 23.8 Å². The lowest BCUT2D eigenvalue weighted by Gasteiger charge is -2.18. The highest BCUT2D eigenvalue weighted by Gasteiger charge is 2.18. The topological polar surface area (TPSA) is 81.8 Å². The highest BCUT2D eigenvalue weighted by atomic mass is 16.5. The van der Waals surface area contributed by atoms with Gasteiger partial charge in [0.2, 0.25) is 0 Å². The van der Waals surface area contributed by atoms with Crippen LogP contribution in [0.25, 0.3) is 0 Å². The molecule has 1 atom stereocenters. The molecule has 1 aromatic rings. The van der Waals surface area contributed by atoms with Gasteiger partial charge in [-0.25, -0.2) is 0 Å². The Morgan fingerprint density at radius 3 is 2.78 bits per heavy atom. The van der Waals surface area contributed by atoms with Crippen LogP contribution in [-0.4, -0.2) is 24.8 Å². The van der Waals surface area contributed by atoms with Crippen molar-refractivity contribution >= 4 is 5.97 Å². The predicted octanol–water partition coefficient (Wildman–Crippen LogP) is 1.96. The van der Waals surface area contributed by atoms with Gasteiger partial charge < -0.3 is 20.3 Å². The Kier molecular flexibility index (Phi) is 5.45. The summed E-state index contributed by atoms with van der Waals surface area (Å²) >= 11 is 0. The third-order valence-corrected chi connectivity index (χ3v) is 2.47. The molecule has 0 aliphatic carbocycles. The second kappa shape index (κ2) is 6.86. The Morgan fingerprint density at radius 1 is 1.50 bits per heavy atom. The molecule has 0 radical (unpaired) electrons. The van der Waals surface area contributed by atoms with E-state index in [-0.39, 0.29) is 6.42 Å². The number of carboxylic acids is 1. The first kappa shape index (κ1) is 14.3. The molecule has 5 heteroatoms. The van der Waals surface area contributed by atoms with Gasteiger partial charge in [-0.05, 0) is 12.5 Å². The van der Waals surface area contributed by atoms with Crippen LogP contribution in [-0.2, 0) is 4.79 Å². The molecule has 0 fully saturated rings. The molecule has 1 aromatic carbocycles. The van der Waals surface area contributed by atoms with Crippen molar-refractivity contribution in [2.45, 2.75) is 25.8 Å². The molecule has 0 spiro atoms. The zero-order valence-corrected chi connectivity index (χ0v) is 10.7. The van der Waals surface area contributed by atoms with Crippen molar-refractivity contribution in [1.29, 1.82) is 0 Å². The molecule has 1 unspecified atom stereocenters. The van der Waals surface area contributed by atoms with Crippen LogP contribution in [0.5, 0.6) is 11.5 Å². The van der Waals surface area contributed by atoms with Gasteiger partial charge in [0.05, 0.1) is 20.1 Å². The highest BCUT2D eigenvalue weighted by molar-refractivity contribution is 5.68. The third kappa shape index (κ3) is 3.63. The zero-order chi connectivity index (χ0) is 13.5. The van der Waals surface area contributed by atoms with Crippen molar-refractivity contribution in [1.82, 2.24) is 0 Å². The van der Waals surface area contributed by atoms with E-state index in [0.29, 0.717) is 23.7 Å². The standard InChI is InChI=1S/C13H19NO4/c1-3-7-18-13-9(10(14)8-12(15)16)5-4-6-11(13)17-2/h4-6,10H,3,7-8,14H2,1-2H3,(H,15,16). The Hall–Kier alpha value is -1.75. The van der Waals surface area contributed by atoms with Gasteiger partial charge in [-0.3, -0.25) is 4.79 Å². The second-order valence-electron chi connectivity index (χ2n) is 3.93. The van der Waals surface area contributed by atoms with Crippen LogP contribution < -0.4 is 15.2 Å². The van der Waals surface area contributed by atoms with E-state index in [1.807, 2.05) is 6.92 Å². The molecule has 0 heterocycles. The number of aliphatic carboxylic acids is 1. The molecular weight excluding hydrogens is 234 g/mol. The fourth-order valence-electron chi connectivity index (χ4n) is 1.64. The number of benzene rings is 1. The fraction of sp³-hybridized carbons (Fsp3) is 0.462. The van der Waals surface area contributed by atoms with E-state index in [2.05, 4.69) is 0 Å². The number of methoxy groups -OCH3 is 1. The molecule has 18 heavy (non-hydrogen) atoms. The molecule has 0 aliphatic rings. The summed E-state index contributed by atoms with van der Waals surface area (Å²) < 4.78 is 10.8. The van der Waals surface area contributed by atoms with Gasteiger partial charge in [0.15, 0.2) is 11.5 Å². The number of ether oxygens (including phenoxy) is 2. The summed E-state index contributed by atoms with van der Waals surface area (Å²) in [5.74, 6) is 0.171. The first-order chi connectivity index (χ1) is 8.60. The molecule has 0 saturated heterocycles. The summed E-state index contributed by atoms with van der Waals surface area (Å²) in [6, 6.07) is 4.70. The molecule has 0 aliphatic heterocycles. The van der Waals surface area contributed by atoms with Gasteiger partial charge in [0.1, 0.15) is 0 Å². The van der Waals surface area contributed by atoms with E-state index in [4.69, 9.17) is 20.3 Å². The van der Waals surface area contributed by atoms with Crippen molar-refractivity contribution in [3.8, 4) is 11.5 Å². The molecule has 0 saturated carbocycles. The maximum Gasteiger partial charge on any atom is 0.305 e. The molecule has 0 aromatic heterocycles. The van der Waals surface area contributed by atoms with Crippen molar-refractivity contribution in [2.24, 2.45) is 5.73 Å². The Morgan fingerprint density at radius 2 is 2.22 bits per heavy atom. The summed E-state index contributed by atoms with van der Waals surface area (Å²) in [4.78, 5) is 10.7. The second-order valence-corrected chi connectivity index (χ2v) is 3.93. The highest BCUT2D eigenvalue weighted by Crippen LogP contribution is 2.35. The Labute approximate surface area is 107 Å². The van der Waals surface area contributed by atoms with Gasteiger partial charge in [0.25, 0.3) is 0 Å². The molecule has 3 N–H and O–H groups in total. The third-order valence-electron chi connectivity index (χ3n) is 2.47. The van der Waals surface area contributed by atoms with Crippen LogP contribution >= 0.6 is 0 Å². The average Bonchev–Trinajstić information content (AvgIpc) is 2.34. The van der Waals surface area contributed by atoms with E-state index in [9.17, 15) is 4.79 Å². The lowest BCUT2D eigenvalue weighted by molar-refractivity contribution is -0.137. The molecule has 5 nitrogen and oxygen atoms in total. The van der Waals surface area contributed by atoms with Gasteiger partial charge in [-0.15, -0.1) is 0 Å². The number of hydrogen-bond donors (Lipinski definition) is 2. The minimum atomic E-state index is -0.938. The average molecular weight is 253 g/mol.